The lowest BCUT2D eigenvalue weighted by molar-refractivity contribution is 0.0490. The van der Waals surface area contributed by atoms with Crippen LogP contribution in [0.25, 0.3) is 10.9 Å². The zero-order valence-electron chi connectivity index (χ0n) is 18.0. The van der Waals surface area contributed by atoms with Gasteiger partial charge in [0.15, 0.2) is 11.5 Å². The van der Waals surface area contributed by atoms with Crippen LogP contribution in [0.2, 0.25) is 5.02 Å². The van der Waals surface area contributed by atoms with Crippen LogP contribution >= 0.6 is 11.6 Å². The van der Waals surface area contributed by atoms with Crippen molar-refractivity contribution in [2.75, 3.05) is 19.0 Å². The van der Waals surface area contributed by atoms with Crippen molar-refractivity contribution >= 4 is 46.0 Å². The summed E-state index contributed by atoms with van der Waals surface area (Å²) in [5.74, 6) is -1.60. The van der Waals surface area contributed by atoms with Gasteiger partial charge in [0.2, 0.25) is 0 Å². The number of rotatable bonds is 5. The predicted octanol–water partition coefficient (Wildman–Crippen LogP) is 5.30. The number of ketones is 1. The Morgan fingerprint density at radius 3 is 2.34 bits per heavy atom. The van der Waals surface area contributed by atoms with Crippen LogP contribution in [0.3, 0.4) is 0 Å². The molecule has 9 heteroatoms. The van der Waals surface area contributed by atoms with Gasteiger partial charge in [0.25, 0.3) is 0 Å². The van der Waals surface area contributed by atoms with Gasteiger partial charge in [-0.15, -0.1) is 0 Å². The van der Waals surface area contributed by atoms with Gasteiger partial charge in [0.05, 0.1) is 24.9 Å². The number of nitrogens with zero attached hydrogens (tertiary/aromatic N) is 1. The molecule has 0 fully saturated rings. The quantitative estimate of drug-likeness (QED) is 0.411. The number of ether oxygens (including phenoxy) is 2. The second-order valence-corrected chi connectivity index (χ2v) is 8.41. The summed E-state index contributed by atoms with van der Waals surface area (Å²) in [7, 11) is 1.18. The maximum atomic E-state index is 13.1. The zero-order valence-corrected chi connectivity index (χ0v) is 18.7. The third-order valence-corrected chi connectivity index (χ3v) is 4.71. The van der Waals surface area contributed by atoms with Crippen molar-refractivity contribution in [3.8, 4) is 0 Å². The second kappa shape index (κ2) is 9.00. The first kappa shape index (κ1) is 23.3. The molecule has 0 unspecified atom stereocenters. The molecular weight excluding hydrogens is 439 g/mol. The molecule has 2 aromatic carbocycles. The molecule has 0 amide bonds. The van der Waals surface area contributed by atoms with Crippen molar-refractivity contribution in [2.24, 2.45) is 0 Å². The first-order valence-electron chi connectivity index (χ1n) is 9.70. The third-order valence-electron chi connectivity index (χ3n) is 4.48. The van der Waals surface area contributed by atoms with Gasteiger partial charge in [0, 0.05) is 16.0 Å². The molecule has 0 atom stereocenters. The molecule has 7 nitrogen and oxygen atoms in total. The van der Waals surface area contributed by atoms with Gasteiger partial charge < -0.3 is 14.8 Å². The fourth-order valence-corrected chi connectivity index (χ4v) is 3.30. The summed E-state index contributed by atoms with van der Waals surface area (Å²) in [4.78, 5) is 38.3. The second-order valence-electron chi connectivity index (χ2n) is 7.98. The molecule has 0 saturated carbocycles. The molecule has 168 valence electrons. The largest absolute Gasteiger partial charge is 0.464 e. The Labute approximate surface area is 189 Å². The number of methoxy groups -OCH3 is 1. The van der Waals surface area contributed by atoms with Crippen LogP contribution < -0.4 is 5.32 Å². The normalized spacial score (nSPS) is 11.3. The number of carbonyl (C=O) groups is 3. The first-order chi connectivity index (χ1) is 15.0. The van der Waals surface area contributed by atoms with Gasteiger partial charge in [-0.25, -0.2) is 18.5 Å². The average Bonchev–Trinajstić information content (AvgIpc) is 3.04. The minimum atomic E-state index is -0.828. The Morgan fingerprint density at radius 1 is 1.09 bits per heavy atom. The Hall–Kier alpha value is -3.39. The lowest BCUT2D eigenvalue weighted by atomic mass is 10.1. The number of nitrogens with one attached hydrogen (secondary N) is 1. The summed E-state index contributed by atoms with van der Waals surface area (Å²) in [6, 6.07) is 9.83. The molecule has 0 bridgehead atoms. The highest BCUT2D eigenvalue weighted by molar-refractivity contribution is 6.31. The number of hydrogen-bond donors (Lipinski definition) is 1. The van der Waals surface area contributed by atoms with E-state index in [1.165, 1.54) is 37.4 Å². The van der Waals surface area contributed by atoms with Crippen LogP contribution in [0.1, 0.15) is 41.6 Å². The zero-order chi connectivity index (χ0) is 23.6. The van der Waals surface area contributed by atoms with Gasteiger partial charge in [-0.2, -0.15) is 0 Å². The fraction of sp³-hybridized carbons (Fsp3) is 0.261. The smallest absolute Gasteiger partial charge is 0.419 e. The van der Waals surface area contributed by atoms with E-state index in [9.17, 15) is 18.8 Å². The number of carbonyl (C=O) groups excluding carboxylic acids is 3. The van der Waals surface area contributed by atoms with Crippen LogP contribution in [0.4, 0.5) is 14.9 Å². The molecule has 1 heterocycles. The molecule has 0 aliphatic rings. The van der Waals surface area contributed by atoms with Crippen molar-refractivity contribution in [2.45, 2.75) is 26.4 Å². The van der Waals surface area contributed by atoms with E-state index in [1.807, 2.05) is 0 Å². The first-order valence-corrected chi connectivity index (χ1v) is 10.1. The number of hydrogen-bond acceptors (Lipinski definition) is 6. The summed E-state index contributed by atoms with van der Waals surface area (Å²) in [5.41, 5.74) is -0.150. The fourth-order valence-electron chi connectivity index (χ4n) is 3.13. The number of anilines is 1. The highest BCUT2D eigenvalue weighted by Gasteiger charge is 2.30. The lowest BCUT2D eigenvalue weighted by Crippen LogP contribution is -2.29. The van der Waals surface area contributed by atoms with E-state index in [0.717, 1.165) is 4.57 Å². The van der Waals surface area contributed by atoms with Gasteiger partial charge in [-0.3, -0.25) is 4.79 Å². The van der Waals surface area contributed by atoms with E-state index in [2.05, 4.69) is 5.32 Å². The third kappa shape index (κ3) is 4.91. The molecule has 1 aromatic heterocycles. The maximum Gasteiger partial charge on any atom is 0.419 e. The van der Waals surface area contributed by atoms with E-state index < -0.39 is 23.5 Å². The number of Topliss-reactive ketones (excluding diaryl/α,β-unsaturated/α-hetero) is 1. The molecule has 3 rings (SSSR count). The Balaban J connectivity index is 2.10. The monoisotopic (exact) mass is 460 g/mol. The number of aromatic nitrogens is 1. The van der Waals surface area contributed by atoms with E-state index in [0.29, 0.717) is 15.9 Å². The van der Waals surface area contributed by atoms with Gasteiger partial charge in [-0.05, 0) is 63.2 Å². The van der Waals surface area contributed by atoms with Crippen molar-refractivity contribution < 1.29 is 28.2 Å². The highest BCUT2D eigenvalue weighted by atomic mass is 35.5. The molecular formula is C23H22ClFN2O5. The number of halogens is 2. The van der Waals surface area contributed by atoms with Crippen molar-refractivity contribution in [3.63, 3.8) is 0 Å². The number of fused-ring (bicyclic) bond motifs is 1. The van der Waals surface area contributed by atoms with Crippen LogP contribution in [-0.2, 0) is 9.47 Å². The summed E-state index contributed by atoms with van der Waals surface area (Å²) in [6.45, 7) is 4.87. The van der Waals surface area contributed by atoms with Gasteiger partial charge >= 0.3 is 12.1 Å². The average molecular weight is 461 g/mol. The molecule has 3 aromatic rings. The van der Waals surface area contributed by atoms with Gasteiger partial charge in [-0.1, -0.05) is 11.6 Å². The molecule has 0 saturated heterocycles. The standard InChI is InChI=1S/C23H22ClFN2O5/c1-23(2,3)32-22(30)27-17-11-14(24)7-10-16(17)19(20(27)21(29)31-4)26-12-18(28)13-5-8-15(25)9-6-13/h5-11,26H,12H2,1-4H3. The highest BCUT2D eigenvalue weighted by Crippen LogP contribution is 2.34. The van der Waals surface area contributed by atoms with E-state index >= 15 is 0 Å². The summed E-state index contributed by atoms with van der Waals surface area (Å²) in [5, 5.41) is 3.73. The molecule has 1 N–H and O–H groups in total. The SMILES string of the molecule is COC(=O)c1c(NCC(=O)c2ccc(F)cc2)c2ccc(Cl)cc2n1C(=O)OC(C)(C)C. The topological polar surface area (TPSA) is 86.6 Å². The Bertz CT molecular complexity index is 1200. The van der Waals surface area contributed by atoms with E-state index in [-0.39, 0.29) is 29.3 Å². The molecule has 0 aliphatic heterocycles. The summed E-state index contributed by atoms with van der Waals surface area (Å²) in [6.07, 6.45) is -0.803. The Kier molecular flexibility index (Phi) is 6.55. The van der Waals surface area contributed by atoms with Gasteiger partial charge in [0.1, 0.15) is 11.4 Å². The maximum absolute atomic E-state index is 13.1. The summed E-state index contributed by atoms with van der Waals surface area (Å²) >= 11 is 6.14. The number of esters is 1. The Morgan fingerprint density at radius 2 is 1.75 bits per heavy atom. The minimum Gasteiger partial charge on any atom is -0.464 e. The summed E-state index contributed by atoms with van der Waals surface area (Å²) < 4.78 is 24.6. The molecule has 0 aliphatic carbocycles. The van der Waals surface area contributed by atoms with Crippen LogP contribution in [-0.4, -0.2) is 41.7 Å². The lowest BCUT2D eigenvalue weighted by Gasteiger charge is -2.20. The van der Waals surface area contributed by atoms with E-state index in [4.69, 9.17) is 21.1 Å². The van der Waals surface area contributed by atoms with Crippen LogP contribution in [0.15, 0.2) is 42.5 Å². The number of benzene rings is 2. The molecule has 32 heavy (non-hydrogen) atoms. The van der Waals surface area contributed by atoms with Crippen LogP contribution in [0, 0.1) is 5.82 Å². The minimum absolute atomic E-state index is 0.133. The van der Waals surface area contributed by atoms with Crippen molar-refractivity contribution in [3.05, 3.63) is 64.6 Å². The van der Waals surface area contributed by atoms with Crippen molar-refractivity contribution in [1.29, 1.82) is 0 Å². The van der Waals surface area contributed by atoms with Crippen molar-refractivity contribution in [1.82, 2.24) is 4.57 Å². The predicted molar refractivity (Wildman–Crippen MR) is 119 cm³/mol. The van der Waals surface area contributed by atoms with E-state index in [1.54, 1.807) is 32.9 Å². The molecule has 0 radical (unpaired) electrons. The van der Waals surface area contributed by atoms with Crippen LogP contribution in [0.5, 0.6) is 0 Å². The molecule has 0 spiro atoms.